The third-order valence-corrected chi connectivity index (χ3v) is 3.03. The lowest BCUT2D eigenvalue weighted by atomic mass is 9.96. The number of terminal acetylenes is 1. The van der Waals surface area contributed by atoms with Crippen molar-refractivity contribution in [2.45, 2.75) is 26.2 Å². The fourth-order valence-corrected chi connectivity index (χ4v) is 1.99. The predicted molar refractivity (Wildman–Crippen MR) is 69.6 cm³/mol. The van der Waals surface area contributed by atoms with E-state index in [9.17, 15) is 4.79 Å². The molecule has 0 fully saturated rings. The van der Waals surface area contributed by atoms with Gasteiger partial charge in [-0.3, -0.25) is 4.79 Å². The molecule has 0 aliphatic heterocycles. The number of carbonyl (C=O) groups excluding carboxylic acids is 1. The second-order valence-corrected chi connectivity index (χ2v) is 4.23. The molecule has 0 bridgehead atoms. The summed E-state index contributed by atoms with van der Waals surface area (Å²) >= 11 is 0. The number of nitrogens with one attached hydrogen (secondary N) is 1. The van der Waals surface area contributed by atoms with Crippen LogP contribution in [-0.4, -0.2) is 5.78 Å². The number of anilines is 1. The zero-order chi connectivity index (χ0) is 12.3. The summed E-state index contributed by atoms with van der Waals surface area (Å²) in [6, 6.07) is 7.68. The fourth-order valence-electron chi connectivity index (χ4n) is 1.99. The van der Waals surface area contributed by atoms with Crippen LogP contribution >= 0.6 is 0 Å². The number of ketones is 1. The molecule has 1 N–H and O–H groups in total. The van der Waals surface area contributed by atoms with Crippen LogP contribution in [0.15, 0.2) is 35.5 Å². The van der Waals surface area contributed by atoms with E-state index in [0.29, 0.717) is 6.42 Å². The highest BCUT2D eigenvalue weighted by atomic mass is 16.1. The van der Waals surface area contributed by atoms with E-state index in [1.165, 1.54) is 0 Å². The summed E-state index contributed by atoms with van der Waals surface area (Å²) in [5.41, 5.74) is 3.66. The number of hydrogen-bond acceptors (Lipinski definition) is 2. The number of rotatable bonds is 2. The van der Waals surface area contributed by atoms with E-state index in [2.05, 4.69) is 11.2 Å². The molecule has 0 saturated carbocycles. The summed E-state index contributed by atoms with van der Waals surface area (Å²) in [6.45, 7) is 1.88. The fraction of sp³-hybridized carbons (Fsp3) is 0.267. The molecular formula is C15H15NO. The van der Waals surface area contributed by atoms with Gasteiger partial charge in [0.2, 0.25) is 0 Å². The molecule has 0 atom stereocenters. The molecule has 0 radical (unpaired) electrons. The normalized spacial score (nSPS) is 15.6. The van der Waals surface area contributed by atoms with Gasteiger partial charge in [-0.05, 0) is 38.0 Å². The molecule has 1 aliphatic rings. The zero-order valence-corrected chi connectivity index (χ0v) is 9.92. The van der Waals surface area contributed by atoms with E-state index in [-0.39, 0.29) is 5.78 Å². The van der Waals surface area contributed by atoms with Crippen LogP contribution in [0, 0.1) is 12.3 Å². The van der Waals surface area contributed by atoms with Crippen molar-refractivity contribution in [3.05, 3.63) is 41.1 Å². The average Bonchev–Trinajstić information content (AvgIpc) is 2.35. The Morgan fingerprint density at radius 1 is 1.35 bits per heavy atom. The minimum atomic E-state index is 0.242. The molecule has 2 nitrogen and oxygen atoms in total. The van der Waals surface area contributed by atoms with Crippen LogP contribution in [0.25, 0.3) is 0 Å². The van der Waals surface area contributed by atoms with Gasteiger partial charge in [0.15, 0.2) is 5.78 Å². The van der Waals surface area contributed by atoms with Crippen LogP contribution in [0.1, 0.15) is 31.7 Å². The van der Waals surface area contributed by atoms with Crippen LogP contribution in [0.5, 0.6) is 0 Å². The average molecular weight is 225 g/mol. The van der Waals surface area contributed by atoms with E-state index in [0.717, 1.165) is 35.4 Å². The van der Waals surface area contributed by atoms with Crippen LogP contribution in [0.4, 0.5) is 5.69 Å². The van der Waals surface area contributed by atoms with Crippen molar-refractivity contribution in [2.75, 3.05) is 5.32 Å². The number of carbonyl (C=O) groups is 1. The standard InChI is InChI=1S/C15H15NO/c1-3-12-6-4-7-13(10-12)16-14-8-5-9-15(17)11(14)2/h1,4,6-7,10,16H,5,8-9H2,2H3. The van der Waals surface area contributed by atoms with Gasteiger partial charge in [-0.1, -0.05) is 12.0 Å². The highest BCUT2D eigenvalue weighted by molar-refractivity contribution is 5.96. The second kappa shape index (κ2) is 4.88. The van der Waals surface area contributed by atoms with E-state index >= 15 is 0 Å². The maximum absolute atomic E-state index is 11.6. The minimum Gasteiger partial charge on any atom is -0.359 e. The molecule has 1 aromatic rings. The minimum absolute atomic E-state index is 0.242. The Kier molecular flexibility index (Phi) is 3.30. The highest BCUT2D eigenvalue weighted by Crippen LogP contribution is 2.23. The molecule has 0 amide bonds. The van der Waals surface area contributed by atoms with Crippen molar-refractivity contribution in [3.63, 3.8) is 0 Å². The zero-order valence-electron chi connectivity index (χ0n) is 9.92. The quantitative estimate of drug-likeness (QED) is 0.783. The molecule has 0 unspecified atom stereocenters. The van der Waals surface area contributed by atoms with Crippen molar-refractivity contribution in [1.82, 2.24) is 0 Å². The van der Waals surface area contributed by atoms with Gasteiger partial charge in [0, 0.05) is 28.9 Å². The Bertz CT molecular complexity index is 520. The van der Waals surface area contributed by atoms with Gasteiger partial charge >= 0.3 is 0 Å². The third-order valence-electron chi connectivity index (χ3n) is 3.03. The lowest BCUT2D eigenvalue weighted by molar-refractivity contribution is -0.116. The maximum Gasteiger partial charge on any atom is 0.160 e. The first-order valence-electron chi connectivity index (χ1n) is 5.77. The number of allylic oxidation sites excluding steroid dienone is 2. The Balaban J connectivity index is 2.23. The Morgan fingerprint density at radius 2 is 2.18 bits per heavy atom. The Hall–Kier alpha value is -2.01. The van der Waals surface area contributed by atoms with E-state index in [1.54, 1.807) is 0 Å². The van der Waals surface area contributed by atoms with Gasteiger partial charge in [-0.2, -0.15) is 0 Å². The summed E-state index contributed by atoms with van der Waals surface area (Å²) < 4.78 is 0. The van der Waals surface area contributed by atoms with Gasteiger partial charge in [0.25, 0.3) is 0 Å². The molecule has 86 valence electrons. The third kappa shape index (κ3) is 2.57. The molecule has 2 heteroatoms. The van der Waals surface area contributed by atoms with Gasteiger partial charge in [0.1, 0.15) is 0 Å². The topological polar surface area (TPSA) is 29.1 Å². The largest absolute Gasteiger partial charge is 0.359 e. The predicted octanol–water partition coefficient (Wildman–Crippen LogP) is 3.11. The highest BCUT2D eigenvalue weighted by Gasteiger charge is 2.16. The molecule has 0 aromatic heterocycles. The lowest BCUT2D eigenvalue weighted by Crippen LogP contribution is -2.14. The molecule has 1 aromatic carbocycles. The Morgan fingerprint density at radius 3 is 2.94 bits per heavy atom. The van der Waals surface area contributed by atoms with Crippen LogP contribution in [0.2, 0.25) is 0 Å². The van der Waals surface area contributed by atoms with Gasteiger partial charge in [-0.15, -0.1) is 6.42 Å². The Labute approximate surface area is 102 Å². The first-order chi connectivity index (χ1) is 8.20. The van der Waals surface area contributed by atoms with Gasteiger partial charge in [0.05, 0.1) is 0 Å². The van der Waals surface area contributed by atoms with Crippen molar-refractivity contribution < 1.29 is 4.79 Å². The summed E-state index contributed by atoms with van der Waals surface area (Å²) in [5, 5.41) is 3.30. The number of hydrogen-bond donors (Lipinski definition) is 1. The van der Waals surface area contributed by atoms with E-state index < -0.39 is 0 Å². The van der Waals surface area contributed by atoms with Crippen molar-refractivity contribution >= 4 is 11.5 Å². The summed E-state index contributed by atoms with van der Waals surface area (Å²) in [4.78, 5) is 11.6. The molecule has 0 saturated heterocycles. The van der Waals surface area contributed by atoms with Gasteiger partial charge < -0.3 is 5.32 Å². The monoisotopic (exact) mass is 225 g/mol. The first-order valence-corrected chi connectivity index (χ1v) is 5.77. The van der Waals surface area contributed by atoms with Crippen molar-refractivity contribution in [2.24, 2.45) is 0 Å². The van der Waals surface area contributed by atoms with Crippen LogP contribution in [-0.2, 0) is 4.79 Å². The maximum atomic E-state index is 11.6. The molecule has 17 heavy (non-hydrogen) atoms. The van der Waals surface area contributed by atoms with Crippen molar-refractivity contribution in [1.29, 1.82) is 0 Å². The summed E-state index contributed by atoms with van der Waals surface area (Å²) in [7, 11) is 0. The molecule has 2 rings (SSSR count). The van der Waals surface area contributed by atoms with Gasteiger partial charge in [-0.25, -0.2) is 0 Å². The number of Topliss-reactive ketones (excluding diaryl/α,β-unsaturated/α-hetero) is 1. The van der Waals surface area contributed by atoms with Crippen LogP contribution < -0.4 is 5.32 Å². The molecule has 0 spiro atoms. The second-order valence-electron chi connectivity index (χ2n) is 4.23. The van der Waals surface area contributed by atoms with Crippen molar-refractivity contribution in [3.8, 4) is 12.3 Å². The van der Waals surface area contributed by atoms with E-state index in [1.807, 2.05) is 31.2 Å². The lowest BCUT2D eigenvalue weighted by Gasteiger charge is -2.18. The smallest absolute Gasteiger partial charge is 0.160 e. The first kappa shape index (κ1) is 11.5. The SMILES string of the molecule is C#Cc1cccc(NC2=C(C)C(=O)CCC2)c1. The summed E-state index contributed by atoms with van der Waals surface area (Å²) in [6.07, 6.45) is 7.88. The van der Waals surface area contributed by atoms with E-state index in [4.69, 9.17) is 6.42 Å². The molecular weight excluding hydrogens is 210 g/mol. The molecule has 1 aliphatic carbocycles. The number of benzene rings is 1. The van der Waals surface area contributed by atoms with Crippen LogP contribution in [0.3, 0.4) is 0 Å². The summed E-state index contributed by atoms with van der Waals surface area (Å²) in [5.74, 6) is 2.84. The molecule has 0 heterocycles.